The lowest BCUT2D eigenvalue weighted by atomic mass is 10.5. The Balaban J connectivity index is 2.43. The molecule has 0 atom stereocenters. The van der Waals surface area contributed by atoms with Gasteiger partial charge in [-0.25, -0.2) is 9.97 Å². The molecule has 1 amide bonds. The summed E-state index contributed by atoms with van der Waals surface area (Å²) in [5.74, 6) is 0.802. The Morgan fingerprint density at radius 1 is 1.65 bits per heavy atom. The molecule has 5 nitrogen and oxygen atoms in total. The summed E-state index contributed by atoms with van der Waals surface area (Å²) in [6.07, 6.45) is 3.21. The fourth-order valence-corrected chi connectivity index (χ4v) is 1.91. The highest BCUT2D eigenvalue weighted by Gasteiger charge is 2.00. The van der Waals surface area contributed by atoms with Crippen molar-refractivity contribution in [2.75, 3.05) is 18.0 Å². The topological polar surface area (TPSA) is 80.9 Å². The molecule has 0 radical (unpaired) electrons. The van der Waals surface area contributed by atoms with Crippen LogP contribution in [-0.2, 0) is 4.79 Å². The average Bonchev–Trinajstić information content (AvgIpc) is 2.23. The lowest BCUT2D eigenvalue weighted by molar-refractivity contribution is -0.116. The van der Waals surface area contributed by atoms with Gasteiger partial charge < -0.3 is 11.1 Å². The van der Waals surface area contributed by atoms with Gasteiger partial charge in [0.1, 0.15) is 11.0 Å². The molecule has 0 saturated carbocycles. The van der Waals surface area contributed by atoms with Gasteiger partial charge in [-0.2, -0.15) is 0 Å². The number of hydrogen-bond acceptors (Lipinski definition) is 5. The number of nitrogens with zero attached hydrogens (tertiary/aromatic N) is 2. The molecule has 92 valence electrons. The van der Waals surface area contributed by atoms with Gasteiger partial charge in [-0.15, -0.1) is 0 Å². The van der Waals surface area contributed by atoms with Gasteiger partial charge in [-0.05, 0) is 13.0 Å². The maximum absolute atomic E-state index is 11.1. The summed E-state index contributed by atoms with van der Waals surface area (Å²) in [7, 11) is 0. The van der Waals surface area contributed by atoms with E-state index in [1.54, 1.807) is 6.08 Å². The Labute approximate surface area is 109 Å². The molecule has 1 heterocycles. The third kappa shape index (κ3) is 5.55. The molecule has 0 bridgehead atoms. The zero-order valence-corrected chi connectivity index (χ0v) is 10.9. The highest BCUT2D eigenvalue weighted by molar-refractivity contribution is 7.99. The number of likely N-dealkylation sites (N-methyl/N-ethyl adjacent to an activating group) is 1. The third-order valence-corrected chi connectivity index (χ3v) is 2.62. The van der Waals surface area contributed by atoms with Crippen LogP contribution >= 0.6 is 23.4 Å². The van der Waals surface area contributed by atoms with Crippen LogP contribution in [-0.4, -0.2) is 28.2 Å². The molecule has 3 N–H and O–H groups in total. The Morgan fingerprint density at radius 3 is 3.06 bits per heavy atom. The predicted octanol–water partition coefficient (Wildman–Crippen LogP) is 1.50. The minimum absolute atomic E-state index is 0.111. The molecule has 0 aliphatic carbocycles. The van der Waals surface area contributed by atoms with Gasteiger partial charge in [0.05, 0.1) is 0 Å². The van der Waals surface area contributed by atoms with Crippen LogP contribution in [0.3, 0.4) is 0 Å². The molecular weight excluding hydrogens is 260 g/mol. The van der Waals surface area contributed by atoms with Gasteiger partial charge in [-0.3, -0.25) is 4.79 Å². The highest BCUT2D eigenvalue weighted by atomic mass is 35.5. The largest absolute Gasteiger partial charge is 0.384 e. The van der Waals surface area contributed by atoms with E-state index in [1.807, 2.05) is 6.92 Å². The van der Waals surface area contributed by atoms with E-state index in [9.17, 15) is 4.79 Å². The molecule has 0 spiro atoms. The number of hydrogen-bond donors (Lipinski definition) is 2. The summed E-state index contributed by atoms with van der Waals surface area (Å²) in [5.41, 5.74) is 5.52. The molecule has 1 aromatic rings. The number of anilines is 1. The van der Waals surface area contributed by atoms with Gasteiger partial charge in [0, 0.05) is 18.4 Å². The second-order valence-electron chi connectivity index (χ2n) is 3.01. The maximum atomic E-state index is 11.1. The van der Waals surface area contributed by atoms with E-state index in [1.165, 1.54) is 23.9 Å². The SMILES string of the molecule is CCNC(=O)/C=C/CSc1nc(N)cc(Cl)n1. The second kappa shape index (κ2) is 7.13. The molecule has 17 heavy (non-hydrogen) atoms. The molecule has 0 aliphatic rings. The number of halogens is 1. The van der Waals surface area contributed by atoms with Crippen LogP contribution in [0.2, 0.25) is 5.15 Å². The van der Waals surface area contributed by atoms with E-state index >= 15 is 0 Å². The summed E-state index contributed by atoms with van der Waals surface area (Å²) in [5, 5.41) is 3.46. The van der Waals surface area contributed by atoms with Crippen LogP contribution in [0.15, 0.2) is 23.4 Å². The fraction of sp³-hybridized carbons (Fsp3) is 0.300. The quantitative estimate of drug-likeness (QED) is 0.367. The summed E-state index contributed by atoms with van der Waals surface area (Å²) >= 11 is 7.08. The van der Waals surface area contributed by atoms with E-state index in [0.29, 0.717) is 28.4 Å². The number of amides is 1. The van der Waals surface area contributed by atoms with Crippen molar-refractivity contribution in [3.05, 3.63) is 23.4 Å². The van der Waals surface area contributed by atoms with Crippen LogP contribution in [0, 0.1) is 0 Å². The normalized spacial score (nSPS) is 10.7. The monoisotopic (exact) mass is 272 g/mol. The number of aromatic nitrogens is 2. The van der Waals surface area contributed by atoms with Crippen molar-refractivity contribution >= 4 is 35.1 Å². The van der Waals surface area contributed by atoms with Crippen LogP contribution in [0.4, 0.5) is 5.82 Å². The average molecular weight is 273 g/mol. The van der Waals surface area contributed by atoms with Crippen LogP contribution in [0.5, 0.6) is 0 Å². The van der Waals surface area contributed by atoms with Gasteiger partial charge in [0.2, 0.25) is 5.91 Å². The number of rotatable bonds is 5. The number of nitrogen functional groups attached to an aromatic ring is 1. The lowest BCUT2D eigenvalue weighted by Crippen LogP contribution is -2.19. The number of nitrogens with one attached hydrogen (secondary N) is 1. The summed E-state index contributed by atoms with van der Waals surface area (Å²) < 4.78 is 0. The zero-order valence-electron chi connectivity index (χ0n) is 9.31. The Morgan fingerprint density at radius 2 is 2.41 bits per heavy atom. The number of nitrogens with two attached hydrogens (primary N) is 1. The first-order valence-corrected chi connectivity index (χ1v) is 6.35. The molecule has 0 unspecified atom stereocenters. The lowest BCUT2D eigenvalue weighted by Gasteiger charge is -1.99. The van der Waals surface area contributed by atoms with Crippen LogP contribution in [0.1, 0.15) is 6.92 Å². The Kier molecular flexibility index (Phi) is 5.79. The third-order valence-electron chi connectivity index (χ3n) is 1.62. The first-order chi connectivity index (χ1) is 8.11. The van der Waals surface area contributed by atoms with Crippen molar-refractivity contribution in [1.29, 1.82) is 0 Å². The van der Waals surface area contributed by atoms with E-state index in [4.69, 9.17) is 17.3 Å². The molecule has 1 aromatic heterocycles. The molecule has 1 rings (SSSR count). The van der Waals surface area contributed by atoms with Crippen molar-refractivity contribution in [3.63, 3.8) is 0 Å². The van der Waals surface area contributed by atoms with Crippen LogP contribution < -0.4 is 11.1 Å². The van der Waals surface area contributed by atoms with Gasteiger partial charge >= 0.3 is 0 Å². The summed E-state index contributed by atoms with van der Waals surface area (Å²) in [6, 6.07) is 1.48. The summed E-state index contributed by atoms with van der Waals surface area (Å²) in [4.78, 5) is 19.1. The minimum Gasteiger partial charge on any atom is -0.384 e. The minimum atomic E-state index is -0.111. The van der Waals surface area contributed by atoms with Gasteiger partial charge in [0.15, 0.2) is 5.16 Å². The standard InChI is InChI=1S/C10H13ClN4OS/c1-2-13-9(16)4-3-5-17-10-14-7(11)6-8(12)15-10/h3-4,6H,2,5H2,1H3,(H,13,16)(H2,12,14,15)/b4-3+. The maximum Gasteiger partial charge on any atom is 0.243 e. The first-order valence-electron chi connectivity index (χ1n) is 4.99. The van der Waals surface area contributed by atoms with Gasteiger partial charge in [0.25, 0.3) is 0 Å². The number of thioether (sulfide) groups is 1. The molecular formula is C10H13ClN4OS. The molecule has 7 heteroatoms. The predicted molar refractivity (Wildman–Crippen MR) is 70.0 cm³/mol. The number of carbonyl (C=O) groups excluding carboxylic acids is 1. The molecule has 0 saturated heterocycles. The molecule has 0 aliphatic heterocycles. The second-order valence-corrected chi connectivity index (χ2v) is 4.38. The van der Waals surface area contributed by atoms with E-state index in [2.05, 4.69) is 15.3 Å². The van der Waals surface area contributed by atoms with Crippen molar-refractivity contribution in [2.24, 2.45) is 0 Å². The van der Waals surface area contributed by atoms with E-state index < -0.39 is 0 Å². The number of carbonyl (C=O) groups is 1. The van der Waals surface area contributed by atoms with Crippen molar-refractivity contribution < 1.29 is 4.79 Å². The molecule has 0 aromatic carbocycles. The highest BCUT2D eigenvalue weighted by Crippen LogP contribution is 2.17. The zero-order chi connectivity index (χ0) is 12.7. The first kappa shape index (κ1) is 13.8. The van der Waals surface area contributed by atoms with Crippen molar-refractivity contribution in [1.82, 2.24) is 15.3 Å². The summed E-state index contributed by atoms with van der Waals surface area (Å²) in [6.45, 7) is 2.48. The van der Waals surface area contributed by atoms with Crippen molar-refractivity contribution in [2.45, 2.75) is 12.1 Å². The van der Waals surface area contributed by atoms with Crippen LogP contribution in [0.25, 0.3) is 0 Å². The Hall–Kier alpha value is -1.27. The smallest absolute Gasteiger partial charge is 0.243 e. The Bertz CT molecular complexity index is 405. The molecule has 0 fully saturated rings. The van der Waals surface area contributed by atoms with E-state index in [0.717, 1.165) is 0 Å². The van der Waals surface area contributed by atoms with Gasteiger partial charge in [-0.1, -0.05) is 29.4 Å². The van der Waals surface area contributed by atoms with Crippen molar-refractivity contribution in [3.8, 4) is 0 Å². The fourth-order valence-electron chi connectivity index (χ4n) is 0.989. The van der Waals surface area contributed by atoms with E-state index in [-0.39, 0.29) is 5.91 Å².